The average Bonchev–Trinajstić information content (AvgIpc) is 2.48. The summed E-state index contributed by atoms with van der Waals surface area (Å²) in [5.41, 5.74) is 1.23. The molecule has 0 aliphatic carbocycles. The highest BCUT2D eigenvalue weighted by Gasteiger charge is 2.12. The second kappa shape index (κ2) is 4.82. The molecule has 0 atom stereocenters. The lowest BCUT2D eigenvalue weighted by atomic mass is 10.1. The van der Waals surface area contributed by atoms with Gasteiger partial charge in [-0.1, -0.05) is 17.7 Å². The molecule has 104 valence electrons. The second-order valence-corrected chi connectivity index (χ2v) is 4.63. The van der Waals surface area contributed by atoms with Crippen molar-refractivity contribution in [3.05, 3.63) is 68.6 Å². The standard InChI is InChI=1S/C15H10N2O4/c1-9-5-6-13-12(7-9)15(18)21-14(16-13)10-3-2-4-11(8-10)17(19)20/h2-8H,1H3. The van der Waals surface area contributed by atoms with E-state index >= 15 is 0 Å². The Morgan fingerprint density at radius 3 is 2.76 bits per heavy atom. The molecule has 0 bridgehead atoms. The SMILES string of the molecule is Cc1ccc2nc(-c3cccc([N+](=O)[O-])c3)oc(=O)c2c1. The lowest BCUT2D eigenvalue weighted by Crippen LogP contribution is -2.03. The number of nitrogens with zero attached hydrogens (tertiary/aromatic N) is 2. The molecule has 0 unspecified atom stereocenters. The molecule has 0 N–H and O–H groups in total. The molecule has 6 nitrogen and oxygen atoms in total. The molecule has 21 heavy (non-hydrogen) atoms. The van der Waals surface area contributed by atoms with Crippen molar-refractivity contribution in [3.63, 3.8) is 0 Å². The van der Waals surface area contributed by atoms with Gasteiger partial charge in [-0.2, -0.15) is 0 Å². The minimum absolute atomic E-state index is 0.0695. The predicted molar refractivity (Wildman–Crippen MR) is 77.1 cm³/mol. The van der Waals surface area contributed by atoms with Crippen molar-refractivity contribution in [3.8, 4) is 11.5 Å². The summed E-state index contributed by atoms with van der Waals surface area (Å²) >= 11 is 0. The highest BCUT2D eigenvalue weighted by molar-refractivity contribution is 5.79. The van der Waals surface area contributed by atoms with Crippen LogP contribution in [-0.2, 0) is 0 Å². The lowest BCUT2D eigenvalue weighted by Gasteiger charge is -2.02. The maximum atomic E-state index is 12.0. The van der Waals surface area contributed by atoms with Gasteiger partial charge in [0.2, 0.25) is 5.89 Å². The van der Waals surface area contributed by atoms with Crippen LogP contribution in [-0.4, -0.2) is 9.91 Å². The van der Waals surface area contributed by atoms with E-state index in [0.717, 1.165) is 5.56 Å². The normalized spacial score (nSPS) is 10.7. The van der Waals surface area contributed by atoms with Crippen molar-refractivity contribution < 1.29 is 9.34 Å². The molecule has 0 fully saturated rings. The first kappa shape index (κ1) is 13.0. The fraction of sp³-hybridized carbons (Fsp3) is 0.0667. The third-order valence-electron chi connectivity index (χ3n) is 3.09. The Labute approximate surface area is 118 Å². The van der Waals surface area contributed by atoms with Gasteiger partial charge in [0.1, 0.15) is 0 Å². The van der Waals surface area contributed by atoms with Gasteiger partial charge < -0.3 is 4.42 Å². The molecule has 0 aliphatic rings. The van der Waals surface area contributed by atoms with Crippen molar-refractivity contribution in [2.75, 3.05) is 0 Å². The number of nitro groups is 1. The monoisotopic (exact) mass is 282 g/mol. The molecule has 0 amide bonds. The zero-order chi connectivity index (χ0) is 15.0. The molecule has 0 radical (unpaired) electrons. The number of benzene rings is 2. The van der Waals surface area contributed by atoms with Crippen LogP contribution >= 0.6 is 0 Å². The van der Waals surface area contributed by atoms with E-state index in [2.05, 4.69) is 4.98 Å². The summed E-state index contributed by atoms with van der Waals surface area (Å²) in [5.74, 6) is 0.0695. The number of nitro benzene ring substituents is 1. The minimum atomic E-state index is -0.509. The number of aromatic nitrogens is 1. The molecular formula is C15H10N2O4. The van der Waals surface area contributed by atoms with Crippen molar-refractivity contribution in [1.82, 2.24) is 4.98 Å². The molecule has 2 aromatic carbocycles. The average molecular weight is 282 g/mol. The Bertz CT molecular complexity index is 915. The van der Waals surface area contributed by atoms with Crippen LogP contribution in [0.3, 0.4) is 0 Å². The van der Waals surface area contributed by atoms with E-state index in [1.807, 2.05) is 13.0 Å². The van der Waals surface area contributed by atoms with E-state index in [4.69, 9.17) is 4.42 Å². The number of aryl methyl sites for hydroxylation is 1. The number of fused-ring (bicyclic) bond motifs is 1. The van der Waals surface area contributed by atoms with Crippen molar-refractivity contribution >= 4 is 16.6 Å². The van der Waals surface area contributed by atoms with Gasteiger partial charge in [-0.3, -0.25) is 10.1 Å². The number of hydrogen-bond donors (Lipinski definition) is 0. The Balaban J connectivity index is 2.22. The molecule has 0 saturated heterocycles. The molecular weight excluding hydrogens is 272 g/mol. The number of hydrogen-bond acceptors (Lipinski definition) is 5. The summed E-state index contributed by atoms with van der Waals surface area (Å²) in [6.07, 6.45) is 0. The van der Waals surface area contributed by atoms with Crippen LogP contribution < -0.4 is 5.63 Å². The molecule has 3 rings (SSSR count). The van der Waals surface area contributed by atoms with E-state index < -0.39 is 10.5 Å². The van der Waals surface area contributed by atoms with Gasteiger partial charge in [0.25, 0.3) is 5.69 Å². The van der Waals surface area contributed by atoms with Crippen LogP contribution in [0.1, 0.15) is 5.56 Å². The van der Waals surface area contributed by atoms with Gasteiger partial charge in [0, 0.05) is 17.7 Å². The maximum absolute atomic E-state index is 12.0. The Morgan fingerprint density at radius 1 is 1.19 bits per heavy atom. The van der Waals surface area contributed by atoms with Gasteiger partial charge >= 0.3 is 5.63 Å². The summed E-state index contributed by atoms with van der Waals surface area (Å²) < 4.78 is 5.18. The summed E-state index contributed by atoms with van der Waals surface area (Å²) in [5, 5.41) is 11.2. The predicted octanol–water partition coefficient (Wildman–Crippen LogP) is 3.07. The number of non-ortho nitro benzene ring substituents is 1. The van der Waals surface area contributed by atoms with Gasteiger partial charge in [0.05, 0.1) is 15.8 Å². The molecule has 0 spiro atoms. The smallest absolute Gasteiger partial charge is 0.347 e. The molecule has 1 heterocycles. The molecule has 3 aromatic rings. The topological polar surface area (TPSA) is 86.2 Å². The Hall–Kier alpha value is -3.02. The van der Waals surface area contributed by atoms with Crippen LogP contribution in [0, 0.1) is 17.0 Å². The van der Waals surface area contributed by atoms with E-state index in [1.54, 1.807) is 18.2 Å². The number of rotatable bonds is 2. The van der Waals surface area contributed by atoms with Gasteiger partial charge in [-0.25, -0.2) is 9.78 Å². The van der Waals surface area contributed by atoms with E-state index in [-0.39, 0.29) is 11.6 Å². The quantitative estimate of drug-likeness (QED) is 0.532. The first-order chi connectivity index (χ1) is 10.0. The van der Waals surface area contributed by atoms with Gasteiger partial charge in [-0.05, 0) is 25.1 Å². The van der Waals surface area contributed by atoms with Gasteiger partial charge in [-0.15, -0.1) is 0 Å². The van der Waals surface area contributed by atoms with E-state index in [0.29, 0.717) is 16.5 Å². The Kier molecular flexibility index (Phi) is 2.98. The highest BCUT2D eigenvalue weighted by Crippen LogP contribution is 2.23. The van der Waals surface area contributed by atoms with Crippen molar-refractivity contribution in [1.29, 1.82) is 0 Å². The lowest BCUT2D eigenvalue weighted by molar-refractivity contribution is -0.384. The molecule has 0 saturated carbocycles. The van der Waals surface area contributed by atoms with Crippen LogP contribution in [0.4, 0.5) is 5.69 Å². The second-order valence-electron chi connectivity index (χ2n) is 4.63. The summed E-state index contributed by atoms with van der Waals surface area (Å²) in [7, 11) is 0. The molecule has 0 aliphatic heterocycles. The fourth-order valence-electron chi connectivity index (χ4n) is 2.06. The third kappa shape index (κ3) is 2.38. The summed E-state index contributed by atoms with van der Waals surface area (Å²) in [4.78, 5) is 26.5. The molecule has 6 heteroatoms. The van der Waals surface area contributed by atoms with Crippen molar-refractivity contribution in [2.45, 2.75) is 6.92 Å². The summed E-state index contributed by atoms with van der Waals surface area (Å²) in [6.45, 7) is 1.87. The first-order valence-corrected chi connectivity index (χ1v) is 6.21. The fourth-order valence-corrected chi connectivity index (χ4v) is 2.06. The summed E-state index contributed by atoms with van der Waals surface area (Å²) in [6, 6.07) is 11.1. The highest BCUT2D eigenvalue weighted by atomic mass is 16.6. The van der Waals surface area contributed by atoms with E-state index in [1.165, 1.54) is 18.2 Å². The van der Waals surface area contributed by atoms with Crippen molar-refractivity contribution in [2.24, 2.45) is 0 Å². The Morgan fingerprint density at radius 2 is 2.00 bits per heavy atom. The van der Waals surface area contributed by atoms with Crippen LogP contribution in [0.25, 0.3) is 22.4 Å². The van der Waals surface area contributed by atoms with Crippen LogP contribution in [0.2, 0.25) is 0 Å². The van der Waals surface area contributed by atoms with Gasteiger partial charge in [0.15, 0.2) is 0 Å². The zero-order valence-electron chi connectivity index (χ0n) is 11.1. The van der Waals surface area contributed by atoms with Crippen LogP contribution in [0.15, 0.2) is 51.7 Å². The largest absolute Gasteiger partial charge is 0.403 e. The maximum Gasteiger partial charge on any atom is 0.347 e. The van der Waals surface area contributed by atoms with E-state index in [9.17, 15) is 14.9 Å². The minimum Gasteiger partial charge on any atom is -0.403 e. The zero-order valence-corrected chi connectivity index (χ0v) is 11.1. The first-order valence-electron chi connectivity index (χ1n) is 6.21. The molecule has 1 aromatic heterocycles. The van der Waals surface area contributed by atoms with Crippen LogP contribution in [0.5, 0.6) is 0 Å². The third-order valence-corrected chi connectivity index (χ3v) is 3.09.